The summed E-state index contributed by atoms with van der Waals surface area (Å²) < 4.78 is 0. The lowest BCUT2D eigenvalue weighted by Crippen LogP contribution is -2.56. The average molecular weight is 583 g/mol. The number of fused-ring (bicyclic) bond motifs is 1. The van der Waals surface area contributed by atoms with Gasteiger partial charge in [-0.25, -0.2) is 4.98 Å². The summed E-state index contributed by atoms with van der Waals surface area (Å²) in [6.45, 7) is 6.98. The molecule has 0 aliphatic carbocycles. The van der Waals surface area contributed by atoms with Gasteiger partial charge in [0.25, 0.3) is 0 Å². The quantitative estimate of drug-likeness (QED) is 0.416. The molecule has 4 N–H and O–H groups in total. The SMILES string of the molecule is Cc1cc(NC(=O)[C@H](CCN)NC(=O)[C@@H]2Cc3ccccc3CN2C(=O)CCC(=O)N2CCCC2(C)C)ncc1Cl. The number of carbonyl (C=O) groups is 4. The molecule has 0 radical (unpaired) electrons. The van der Waals surface area contributed by atoms with Crippen molar-refractivity contribution in [3.63, 3.8) is 0 Å². The van der Waals surface area contributed by atoms with Crippen LogP contribution in [-0.4, -0.2) is 69.1 Å². The number of halogens is 1. The van der Waals surface area contributed by atoms with Crippen LogP contribution in [0.5, 0.6) is 0 Å². The molecule has 1 aromatic heterocycles. The molecule has 1 aromatic carbocycles. The predicted molar refractivity (Wildman–Crippen MR) is 157 cm³/mol. The van der Waals surface area contributed by atoms with Crippen LogP contribution in [0, 0.1) is 6.92 Å². The summed E-state index contributed by atoms with van der Waals surface area (Å²) in [6.07, 6.45) is 3.91. The third-order valence-electron chi connectivity index (χ3n) is 8.01. The lowest BCUT2D eigenvalue weighted by Gasteiger charge is -2.37. The summed E-state index contributed by atoms with van der Waals surface area (Å²) in [5.74, 6) is -0.933. The molecule has 3 heterocycles. The Morgan fingerprint density at radius 3 is 2.51 bits per heavy atom. The number of nitrogens with zero attached hydrogens (tertiary/aromatic N) is 3. The van der Waals surface area contributed by atoms with Crippen molar-refractivity contribution in [3.05, 3.63) is 58.2 Å². The molecule has 4 rings (SSSR count). The lowest BCUT2D eigenvalue weighted by atomic mass is 9.92. The number of anilines is 1. The van der Waals surface area contributed by atoms with E-state index in [0.29, 0.717) is 23.8 Å². The summed E-state index contributed by atoms with van der Waals surface area (Å²) in [7, 11) is 0. The van der Waals surface area contributed by atoms with Gasteiger partial charge in [-0.2, -0.15) is 0 Å². The van der Waals surface area contributed by atoms with Crippen LogP contribution in [0.3, 0.4) is 0 Å². The van der Waals surface area contributed by atoms with Gasteiger partial charge in [0, 0.05) is 44.1 Å². The molecule has 1 saturated heterocycles. The van der Waals surface area contributed by atoms with Crippen molar-refractivity contribution in [1.29, 1.82) is 0 Å². The third kappa shape index (κ3) is 7.23. The fourth-order valence-electron chi connectivity index (χ4n) is 5.61. The molecule has 2 aliphatic heterocycles. The van der Waals surface area contributed by atoms with E-state index in [1.165, 1.54) is 11.1 Å². The zero-order valence-corrected chi connectivity index (χ0v) is 24.7. The van der Waals surface area contributed by atoms with Crippen LogP contribution in [0.2, 0.25) is 5.02 Å². The minimum Gasteiger partial charge on any atom is -0.342 e. The maximum absolute atomic E-state index is 13.7. The first kappa shape index (κ1) is 30.5. The molecule has 0 bridgehead atoms. The molecule has 41 heavy (non-hydrogen) atoms. The molecule has 0 saturated carbocycles. The molecular formula is C30H39ClN6O4. The first-order chi connectivity index (χ1) is 19.5. The van der Waals surface area contributed by atoms with Crippen LogP contribution < -0.4 is 16.4 Å². The van der Waals surface area contributed by atoms with Gasteiger partial charge in [-0.05, 0) is 69.3 Å². The zero-order valence-electron chi connectivity index (χ0n) is 23.9. The smallest absolute Gasteiger partial charge is 0.248 e. The van der Waals surface area contributed by atoms with Crippen LogP contribution in [-0.2, 0) is 32.1 Å². The largest absolute Gasteiger partial charge is 0.342 e. The molecule has 2 aliphatic rings. The number of hydrogen-bond acceptors (Lipinski definition) is 6. The van der Waals surface area contributed by atoms with Crippen molar-refractivity contribution in [1.82, 2.24) is 20.1 Å². The number of rotatable bonds is 9. The van der Waals surface area contributed by atoms with E-state index >= 15 is 0 Å². The summed E-state index contributed by atoms with van der Waals surface area (Å²) in [5, 5.41) is 6.01. The normalized spacial score (nSPS) is 18.4. The molecule has 4 amide bonds. The van der Waals surface area contributed by atoms with Crippen molar-refractivity contribution in [2.24, 2.45) is 5.73 Å². The Morgan fingerprint density at radius 2 is 1.85 bits per heavy atom. The van der Waals surface area contributed by atoms with E-state index in [4.69, 9.17) is 17.3 Å². The Labute approximate surface area is 246 Å². The molecule has 11 heteroatoms. The number of likely N-dealkylation sites (tertiary alicyclic amines) is 1. The number of nitrogens with two attached hydrogens (primary N) is 1. The summed E-state index contributed by atoms with van der Waals surface area (Å²) in [5.41, 5.74) is 8.22. The molecule has 0 spiro atoms. The predicted octanol–water partition coefficient (Wildman–Crippen LogP) is 2.95. The highest BCUT2D eigenvalue weighted by molar-refractivity contribution is 6.31. The van der Waals surface area contributed by atoms with Crippen LogP contribution in [0.4, 0.5) is 5.82 Å². The van der Waals surface area contributed by atoms with Gasteiger partial charge in [0.05, 0.1) is 5.02 Å². The Bertz CT molecular complexity index is 1320. The van der Waals surface area contributed by atoms with E-state index < -0.39 is 23.9 Å². The van der Waals surface area contributed by atoms with E-state index in [2.05, 4.69) is 15.6 Å². The Hall–Kier alpha value is -3.50. The number of carbonyl (C=O) groups excluding carboxylic acids is 4. The van der Waals surface area contributed by atoms with E-state index in [1.807, 2.05) is 43.0 Å². The number of nitrogens with one attached hydrogen (secondary N) is 2. The van der Waals surface area contributed by atoms with Gasteiger partial charge in [0.2, 0.25) is 23.6 Å². The molecule has 2 atom stereocenters. The first-order valence-corrected chi connectivity index (χ1v) is 14.5. The fraction of sp³-hybridized carbons (Fsp3) is 0.500. The second-order valence-corrected chi connectivity index (χ2v) is 11.8. The highest BCUT2D eigenvalue weighted by atomic mass is 35.5. The molecule has 2 aromatic rings. The number of aryl methyl sites for hydroxylation is 1. The molecule has 1 fully saturated rings. The monoisotopic (exact) mass is 582 g/mol. The summed E-state index contributed by atoms with van der Waals surface area (Å²) in [6, 6.07) is 7.55. The molecule has 220 valence electrons. The van der Waals surface area contributed by atoms with E-state index in [9.17, 15) is 19.2 Å². The topological polar surface area (TPSA) is 138 Å². The van der Waals surface area contributed by atoms with Crippen LogP contribution in [0.1, 0.15) is 62.6 Å². The first-order valence-electron chi connectivity index (χ1n) is 14.1. The highest BCUT2D eigenvalue weighted by Gasteiger charge is 2.38. The van der Waals surface area contributed by atoms with Gasteiger partial charge in [0.15, 0.2) is 0 Å². The van der Waals surface area contributed by atoms with Crippen molar-refractivity contribution in [2.45, 2.75) is 83.5 Å². The standard InChI is InChI=1S/C30H39ClN6O4/c1-19-15-25(33-17-22(19)31)35-28(40)23(11-13-32)34-29(41)24-16-20-7-4-5-8-21(20)18-36(24)26(38)9-10-27(39)37-14-6-12-30(37,2)3/h4-5,7-8,15,17,23-24H,6,9-14,16,18,32H2,1-3H3,(H,34,41)(H,33,35,40)/t23-,24-/m0/s1. The Kier molecular flexibility index (Phi) is 9.65. The molecule has 10 nitrogen and oxygen atoms in total. The number of hydrogen-bond donors (Lipinski definition) is 3. The van der Waals surface area contributed by atoms with E-state index in [0.717, 1.165) is 29.5 Å². The van der Waals surface area contributed by atoms with Crippen molar-refractivity contribution >= 4 is 41.0 Å². The number of benzene rings is 1. The summed E-state index contributed by atoms with van der Waals surface area (Å²) in [4.78, 5) is 60.7. The Balaban J connectivity index is 1.47. The van der Waals surface area contributed by atoms with Gasteiger partial charge in [-0.1, -0.05) is 35.9 Å². The maximum atomic E-state index is 13.7. The molecule has 0 unspecified atom stereocenters. The van der Waals surface area contributed by atoms with Crippen molar-refractivity contribution in [2.75, 3.05) is 18.4 Å². The number of amides is 4. The van der Waals surface area contributed by atoms with Crippen LogP contribution in [0.15, 0.2) is 36.5 Å². The highest BCUT2D eigenvalue weighted by Crippen LogP contribution is 2.30. The van der Waals surface area contributed by atoms with E-state index in [1.54, 1.807) is 13.0 Å². The van der Waals surface area contributed by atoms with Gasteiger partial charge >= 0.3 is 0 Å². The Morgan fingerprint density at radius 1 is 1.15 bits per heavy atom. The van der Waals surface area contributed by atoms with E-state index in [-0.39, 0.29) is 49.7 Å². The molecular weight excluding hydrogens is 544 g/mol. The number of pyridine rings is 1. The second-order valence-electron chi connectivity index (χ2n) is 11.4. The summed E-state index contributed by atoms with van der Waals surface area (Å²) >= 11 is 6.04. The second kappa shape index (κ2) is 13.0. The van der Waals surface area contributed by atoms with Crippen molar-refractivity contribution < 1.29 is 19.2 Å². The maximum Gasteiger partial charge on any atom is 0.248 e. The lowest BCUT2D eigenvalue weighted by molar-refractivity contribution is -0.144. The number of aromatic nitrogens is 1. The minimum absolute atomic E-state index is 0.00562. The van der Waals surface area contributed by atoms with Crippen LogP contribution in [0.25, 0.3) is 0 Å². The van der Waals surface area contributed by atoms with Crippen molar-refractivity contribution in [3.8, 4) is 0 Å². The third-order valence-corrected chi connectivity index (χ3v) is 8.41. The van der Waals surface area contributed by atoms with Crippen LogP contribution >= 0.6 is 11.6 Å². The minimum atomic E-state index is -0.932. The average Bonchev–Trinajstić information content (AvgIpc) is 3.31. The van der Waals surface area contributed by atoms with Gasteiger partial charge in [-0.3, -0.25) is 19.2 Å². The van der Waals surface area contributed by atoms with Gasteiger partial charge < -0.3 is 26.2 Å². The van der Waals surface area contributed by atoms with Gasteiger partial charge in [-0.15, -0.1) is 0 Å². The van der Waals surface area contributed by atoms with Gasteiger partial charge in [0.1, 0.15) is 17.9 Å². The zero-order chi connectivity index (χ0) is 29.7. The fourth-order valence-corrected chi connectivity index (χ4v) is 5.71.